The van der Waals surface area contributed by atoms with Gasteiger partial charge in [0.05, 0.1) is 6.61 Å². The number of halogens is 1. The first-order valence-electron chi connectivity index (χ1n) is 6.59. The Morgan fingerprint density at radius 3 is 2.71 bits per heavy atom. The lowest BCUT2D eigenvalue weighted by Crippen LogP contribution is -2.45. The fourth-order valence-electron chi connectivity index (χ4n) is 2.15. The van der Waals surface area contributed by atoms with E-state index in [0.717, 1.165) is 6.07 Å². The molecule has 0 radical (unpaired) electrons. The summed E-state index contributed by atoms with van der Waals surface area (Å²) in [6.07, 6.45) is 5.75. The zero-order chi connectivity index (χ0) is 15.9. The van der Waals surface area contributed by atoms with Gasteiger partial charge in [-0.25, -0.2) is 4.39 Å². The molecule has 0 saturated carbocycles. The molecule has 5 heteroatoms. The molecule has 1 atom stereocenters. The van der Waals surface area contributed by atoms with Crippen molar-refractivity contribution in [2.45, 2.75) is 31.6 Å². The van der Waals surface area contributed by atoms with Crippen LogP contribution in [0.3, 0.4) is 0 Å². The van der Waals surface area contributed by atoms with Crippen LogP contribution in [0.2, 0.25) is 0 Å². The van der Waals surface area contributed by atoms with Gasteiger partial charge in [-0.2, -0.15) is 0 Å². The first-order valence-corrected chi connectivity index (χ1v) is 6.59. The van der Waals surface area contributed by atoms with Crippen LogP contribution < -0.4 is 0 Å². The van der Waals surface area contributed by atoms with Gasteiger partial charge in [-0.15, -0.1) is 12.3 Å². The second kappa shape index (κ2) is 7.44. The van der Waals surface area contributed by atoms with E-state index in [2.05, 4.69) is 5.92 Å². The molecule has 0 aromatic heterocycles. The second-order valence-corrected chi connectivity index (χ2v) is 4.50. The topological polar surface area (TPSA) is 63.6 Å². The Morgan fingerprint density at radius 2 is 2.19 bits per heavy atom. The number of carboxylic acid groups (broad SMARTS) is 1. The molecule has 112 valence electrons. The summed E-state index contributed by atoms with van der Waals surface area (Å²) in [4.78, 5) is 24.0. The molecule has 0 saturated heterocycles. The quantitative estimate of drug-likeness (QED) is 0.363. The van der Waals surface area contributed by atoms with Gasteiger partial charge in [-0.05, 0) is 37.5 Å². The Bertz CT molecular complexity index is 562. The van der Waals surface area contributed by atoms with Crippen LogP contribution in [0, 0.1) is 18.2 Å². The molecule has 0 bridgehead atoms. The van der Waals surface area contributed by atoms with Crippen LogP contribution in [0.25, 0.3) is 0 Å². The molecule has 0 spiro atoms. The van der Waals surface area contributed by atoms with Crippen molar-refractivity contribution in [2.24, 2.45) is 0 Å². The monoisotopic (exact) mass is 292 g/mol. The van der Waals surface area contributed by atoms with Crippen molar-refractivity contribution in [2.75, 3.05) is 6.61 Å². The largest absolute Gasteiger partial charge is 0.480 e. The zero-order valence-corrected chi connectivity index (χ0v) is 11.8. The van der Waals surface area contributed by atoms with Crippen molar-refractivity contribution in [3.05, 3.63) is 35.6 Å². The summed E-state index contributed by atoms with van der Waals surface area (Å²) in [5.74, 6) is -0.492. The highest BCUT2D eigenvalue weighted by atomic mass is 19.1. The number of hydrogen-bond donors (Lipinski definition) is 1. The SMILES string of the molecule is C#CCCCC(C(=O)O)(C(=O)OCC)c1cccc(F)c1. The molecule has 0 fully saturated rings. The van der Waals surface area contributed by atoms with Crippen LogP contribution in [0.1, 0.15) is 31.7 Å². The summed E-state index contributed by atoms with van der Waals surface area (Å²) in [5.41, 5.74) is -1.87. The average Bonchev–Trinajstić information content (AvgIpc) is 2.43. The Labute approximate surface area is 122 Å². The van der Waals surface area contributed by atoms with Gasteiger partial charge in [0.1, 0.15) is 5.82 Å². The fourth-order valence-corrected chi connectivity index (χ4v) is 2.15. The van der Waals surface area contributed by atoms with Crippen LogP contribution in [-0.4, -0.2) is 23.7 Å². The molecular formula is C16H17FO4. The first-order chi connectivity index (χ1) is 9.98. The van der Waals surface area contributed by atoms with E-state index in [0.29, 0.717) is 12.8 Å². The number of carbonyl (C=O) groups is 2. The molecular weight excluding hydrogens is 275 g/mol. The van der Waals surface area contributed by atoms with E-state index in [9.17, 15) is 19.1 Å². The summed E-state index contributed by atoms with van der Waals surface area (Å²) in [6, 6.07) is 5.00. The van der Waals surface area contributed by atoms with Crippen LogP contribution in [0.4, 0.5) is 4.39 Å². The lowest BCUT2D eigenvalue weighted by molar-refractivity contribution is -0.162. The van der Waals surface area contributed by atoms with Crippen molar-refractivity contribution >= 4 is 11.9 Å². The van der Waals surface area contributed by atoms with E-state index in [4.69, 9.17) is 11.2 Å². The third-order valence-electron chi connectivity index (χ3n) is 3.18. The first kappa shape index (κ1) is 16.7. The highest BCUT2D eigenvalue weighted by Gasteiger charge is 2.49. The molecule has 1 aromatic rings. The number of unbranched alkanes of at least 4 members (excludes halogenated alkanes) is 1. The zero-order valence-electron chi connectivity index (χ0n) is 11.8. The minimum absolute atomic E-state index is 0.0400. The normalized spacial score (nSPS) is 13.0. The summed E-state index contributed by atoms with van der Waals surface area (Å²) in [7, 11) is 0. The van der Waals surface area contributed by atoms with E-state index >= 15 is 0 Å². The van der Waals surface area contributed by atoms with Gasteiger partial charge in [-0.3, -0.25) is 9.59 Å². The predicted octanol–water partition coefficient (Wildman–Crippen LogP) is 2.51. The molecule has 0 aliphatic rings. The predicted molar refractivity (Wildman–Crippen MR) is 75.0 cm³/mol. The molecule has 4 nitrogen and oxygen atoms in total. The summed E-state index contributed by atoms with van der Waals surface area (Å²) in [6.45, 7) is 1.62. The van der Waals surface area contributed by atoms with Crippen LogP contribution in [0.5, 0.6) is 0 Å². The lowest BCUT2D eigenvalue weighted by Gasteiger charge is -2.27. The van der Waals surface area contributed by atoms with Gasteiger partial charge < -0.3 is 9.84 Å². The van der Waals surface area contributed by atoms with Crippen molar-refractivity contribution in [3.8, 4) is 12.3 Å². The maximum Gasteiger partial charge on any atom is 0.328 e. The molecule has 0 heterocycles. The van der Waals surface area contributed by atoms with Gasteiger partial charge in [0, 0.05) is 6.42 Å². The Morgan fingerprint density at radius 1 is 1.48 bits per heavy atom. The molecule has 1 rings (SSSR count). The average molecular weight is 292 g/mol. The number of hydrogen-bond acceptors (Lipinski definition) is 3. The second-order valence-electron chi connectivity index (χ2n) is 4.50. The molecule has 0 aliphatic heterocycles. The summed E-state index contributed by atoms with van der Waals surface area (Å²) >= 11 is 0. The standard InChI is InChI=1S/C16H17FO4/c1-3-5-6-10-16(14(18)19,15(20)21-4-2)12-8-7-9-13(17)11-12/h1,7-9,11H,4-6,10H2,2H3,(H,18,19). The maximum absolute atomic E-state index is 13.4. The number of rotatable bonds is 7. The minimum atomic E-state index is -1.94. The summed E-state index contributed by atoms with van der Waals surface area (Å²) < 4.78 is 18.3. The van der Waals surface area contributed by atoms with Gasteiger partial charge >= 0.3 is 11.9 Å². The van der Waals surface area contributed by atoms with Gasteiger partial charge in [0.15, 0.2) is 5.41 Å². The van der Waals surface area contributed by atoms with Crippen molar-refractivity contribution in [1.29, 1.82) is 0 Å². The van der Waals surface area contributed by atoms with E-state index in [1.54, 1.807) is 6.92 Å². The number of carboxylic acids is 1. The van der Waals surface area contributed by atoms with E-state index < -0.39 is 23.2 Å². The lowest BCUT2D eigenvalue weighted by atomic mass is 9.76. The molecule has 0 aliphatic carbocycles. The molecule has 21 heavy (non-hydrogen) atoms. The van der Waals surface area contributed by atoms with E-state index in [1.165, 1.54) is 18.2 Å². The van der Waals surface area contributed by atoms with Crippen molar-refractivity contribution in [1.82, 2.24) is 0 Å². The minimum Gasteiger partial charge on any atom is -0.480 e. The summed E-state index contributed by atoms with van der Waals surface area (Å²) in [5, 5.41) is 9.59. The fraction of sp³-hybridized carbons (Fsp3) is 0.375. The third kappa shape index (κ3) is 3.60. The van der Waals surface area contributed by atoms with Gasteiger partial charge in [-0.1, -0.05) is 12.1 Å². The van der Waals surface area contributed by atoms with Crippen molar-refractivity contribution in [3.63, 3.8) is 0 Å². The van der Waals surface area contributed by atoms with E-state index in [-0.39, 0.29) is 18.6 Å². The van der Waals surface area contributed by atoms with Crippen LogP contribution in [0.15, 0.2) is 24.3 Å². The number of carbonyl (C=O) groups excluding carboxylic acids is 1. The molecule has 1 aromatic carbocycles. The van der Waals surface area contributed by atoms with Gasteiger partial charge in [0.25, 0.3) is 0 Å². The molecule has 1 N–H and O–H groups in total. The van der Waals surface area contributed by atoms with Crippen molar-refractivity contribution < 1.29 is 23.8 Å². The van der Waals surface area contributed by atoms with Crippen LogP contribution >= 0.6 is 0 Å². The number of terminal acetylenes is 1. The highest BCUT2D eigenvalue weighted by Crippen LogP contribution is 2.32. The van der Waals surface area contributed by atoms with Crippen LogP contribution in [-0.2, 0) is 19.7 Å². The van der Waals surface area contributed by atoms with Gasteiger partial charge in [0.2, 0.25) is 0 Å². The Kier molecular flexibility index (Phi) is 5.92. The number of esters is 1. The number of ether oxygens (including phenoxy) is 1. The highest BCUT2D eigenvalue weighted by molar-refractivity contribution is 6.05. The van der Waals surface area contributed by atoms with E-state index in [1.807, 2.05) is 0 Å². The smallest absolute Gasteiger partial charge is 0.328 e. The maximum atomic E-state index is 13.4. The molecule has 0 amide bonds. The Balaban J connectivity index is 3.33. The Hall–Kier alpha value is -2.35. The number of benzene rings is 1. The third-order valence-corrected chi connectivity index (χ3v) is 3.18. The molecule has 1 unspecified atom stereocenters. The number of aliphatic carboxylic acids is 1.